The molecular weight excluding hydrogens is 816 g/mol. The molecule has 0 saturated heterocycles. The number of nitrogens with zero attached hydrogens (tertiary/aromatic N) is 3. The number of halogens is 1. The Bertz CT molecular complexity index is 1940. The van der Waals surface area contributed by atoms with E-state index < -0.39 is 64.7 Å². The van der Waals surface area contributed by atoms with Crippen molar-refractivity contribution in [1.29, 1.82) is 0 Å². The molecule has 2 rings (SSSR count). The Kier molecular flexibility index (Phi) is 20.5. The van der Waals surface area contributed by atoms with E-state index in [1.165, 1.54) is 13.2 Å². The highest BCUT2D eigenvalue weighted by Crippen LogP contribution is 2.26. The van der Waals surface area contributed by atoms with Crippen LogP contribution in [0.4, 0.5) is 4.79 Å². The minimum Gasteiger partial charge on any atom is -0.495 e. The van der Waals surface area contributed by atoms with Crippen LogP contribution >= 0.6 is 11.6 Å². The van der Waals surface area contributed by atoms with E-state index in [4.69, 9.17) is 36.1 Å². The van der Waals surface area contributed by atoms with E-state index in [1.54, 1.807) is 79.7 Å². The van der Waals surface area contributed by atoms with Gasteiger partial charge in [0.2, 0.25) is 11.8 Å². The quantitative estimate of drug-likeness (QED) is 0.0273. The van der Waals surface area contributed by atoms with Crippen molar-refractivity contribution in [2.45, 2.75) is 131 Å². The summed E-state index contributed by atoms with van der Waals surface area (Å²) in [5.41, 5.74) is 8.24. The highest BCUT2D eigenvalue weighted by molar-refractivity contribution is 6.32. The lowest BCUT2D eigenvalue weighted by Crippen LogP contribution is -2.54. The number of methoxy groups -OCH3 is 1. The summed E-state index contributed by atoms with van der Waals surface area (Å²) < 4.78 is 22.2. The van der Waals surface area contributed by atoms with Crippen molar-refractivity contribution >= 4 is 47.5 Å². The fraction of sp³-hybridized carbons (Fsp3) is 0.543. The van der Waals surface area contributed by atoms with Crippen LogP contribution in [0.15, 0.2) is 65.8 Å². The Balaban J connectivity index is 2.29. The van der Waals surface area contributed by atoms with E-state index in [9.17, 15) is 24.0 Å². The van der Waals surface area contributed by atoms with E-state index in [1.807, 2.05) is 57.2 Å². The monoisotopic (exact) mass is 880 g/mol. The largest absolute Gasteiger partial charge is 0.495 e. The number of rotatable bonds is 21. The number of hydrogen-bond donors (Lipinski definition) is 3. The topological polar surface area (TPSA) is 207 Å². The Labute approximate surface area is 371 Å². The third kappa shape index (κ3) is 19.9. The highest BCUT2D eigenvalue weighted by Gasteiger charge is 2.35. The second-order valence-corrected chi connectivity index (χ2v) is 18.5. The number of amides is 3. The normalized spacial score (nSPS) is 14.0. The molecule has 340 valence electrons. The number of alkyl carbamates (subject to hydrolysis) is 1. The summed E-state index contributed by atoms with van der Waals surface area (Å²) in [5.74, 6) is -2.21. The van der Waals surface area contributed by atoms with Gasteiger partial charge in [-0.15, -0.1) is 0 Å². The zero-order valence-electron chi connectivity index (χ0n) is 38.2. The van der Waals surface area contributed by atoms with Gasteiger partial charge in [0.05, 0.1) is 24.1 Å². The van der Waals surface area contributed by atoms with Gasteiger partial charge in [-0.3, -0.25) is 9.59 Å². The summed E-state index contributed by atoms with van der Waals surface area (Å²) in [6, 6.07) is 10.3. The number of benzene rings is 2. The van der Waals surface area contributed by atoms with Crippen LogP contribution in [0.3, 0.4) is 0 Å². The SMILES string of the molecule is COc1ccc(C[C@H](NC(=O)OC(C)(C)C)C(=O)NCC(C)(C)C(=O)N[C@@H](CC(C)C)C(=O)O[C@@H](C/C=C/C(=O)OC(C)(C)C)[C@@H](C)/C=C/c2ccc(CN=[N+]=[N-])cc2)cc1Cl. The highest BCUT2D eigenvalue weighted by atomic mass is 35.5. The number of azide groups is 1. The molecule has 0 spiro atoms. The Morgan fingerprint density at radius 1 is 0.871 bits per heavy atom. The third-order valence-corrected chi connectivity index (χ3v) is 9.35. The summed E-state index contributed by atoms with van der Waals surface area (Å²) in [6.07, 6.45) is 5.60. The van der Waals surface area contributed by atoms with Crippen molar-refractivity contribution in [3.63, 3.8) is 0 Å². The van der Waals surface area contributed by atoms with E-state index in [0.29, 0.717) is 16.3 Å². The number of hydrogen-bond acceptors (Lipinski definition) is 10. The first-order valence-corrected chi connectivity index (χ1v) is 21.0. The molecule has 0 aromatic heterocycles. The molecule has 0 unspecified atom stereocenters. The van der Waals surface area contributed by atoms with Gasteiger partial charge in [0.1, 0.15) is 35.1 Å². The molecule has 3 N–H and O–H groups in total. The Morgan fingerprint density at radius 2 is 1.50 bits per heavy atom. The van der Waals surface area contributed by atoms with Gasteiger partial charge in [-0.05, 0) is 102 Å². The van der Waals surface area contributed by atoms with Crippen LogP contribution in [0.25, 0.3) is 16.5 Å². The average molecular weight is 882 g/mol. The summed E-state index contributed by atoms with van der Waals surface area (Å²) in [4.78, 5) is 69.6. The predicted molar refractivity (Wildman–Crippen MR) is 240 cm³/mol. The molecule has 0 heterocycles. The number of nitrogens with one attached hydrogen (secondary N) is 3. The van der Waals surface area contributed by atoms with E-state index >= 15 is 0 Å². The second kappa shape index (κ2) is 24.2. The molecule has 4 atom stereocenters. The summed E-state index contributed by atoms with van der Waals surface area (Å²) in [7, 11) is 1.48. The minimum absolute atomic E-state index is 0.0218. The predicted octanol–water partition coefficient (Wildman–Crippen LogP) is 8.82. The molecule has 0 aliphatic heterocycles. The maximum Gasteiger partial charge on any atom is 0.408 e. The van der Waals surface area contributed by atoms with Crippen molar-refractivity contribution < 1.29 is 42.9 Å². The van der Waals surface area contributed by atoms with Crippen molar-refractivity contribution in [2.75, 3.05) is 13.7 Å². The molecule has 16 heteroatoms. The van der Waals surface area contributed by atoms with Gasteiger partial charge in [-0.1, -0.05) is 86.0 Å². The second-order valence-electron chi connectivity index (χ2n) is 18.1. The molecule has 0 saturated carbocycles. The molecule has 2 aromatic carbocycles. The summed E-state index contributed by atoms with van der Waals surface area (Å²) in [6.45, 7) is 19.4. The molecule has 0 bridgehead atoms. The molecule has 3 amide bonds. The van der Waals surface area contributed by atoms with Gasteiger partial charge in [0.25, 0.3) is 0 Å². The van der Waals surface area contributed by atoms with Crippen LogP contribution in [0.1, 0.15) is 106 Å². The van der Waals surface area contributed by atoms with Crippen LogP contribution in [0.2, 0.25) is 5.02 Å². The first kappa shape index (κ1) is 52.6. The number of carbonyl (C=O) groups is 5. The standard InChI is InChI=1S/C46H65ClN6O9/c1-29(2)24-36(41(56)60-37(14-13-15-39(54)61-44(4,5)6)30(3)16-17-31-18-20-32(21-19-31)27-50-53-48)51-42(57)46(10,11)28-49-40(55)35(52-43(58)62-45(7,8)9)26-33-22-23-38(59-12)34(47)25-33/h13,15-23,25,29-30,35-37H,14,24,26-28H2,1-12H3,(H,49,55)(H,51,57)(H,52,58)/b15-13+,17-16+/t30-,35-,36-,37-/m0/s1. The van der Waals surface area contributed by atoms with Crippen LogP contribution in [-0.2, 0) is 46.4 Å². The van der Waals surface area contributed by atoms with Crippen molar-refractivity contribution in [3.05, 3.63) is 92.8 Å². The molecule has 0 aliphatic carbocycles. The molecule has 0 aliphatic rings. The van der Waals surface area contributed by atoms with E-state index in [2.05, 4.69) is 26.0 Å². The van der Waals surface area contributed by atoms with Gasteiger partial charge < -0.3 is 34.9 Å². The summed E-state index contributed by atoms with van der Waals surface area (Å²) in [5, 5.41) is 12.2. The van der Waals surface area contributed by atoms with Gasteiger partial charge in [0.15, 0.2) is 0 Å². The smallest absolute Gasteiger partial charge is 0.408 e. The molecule has 62 heavy (non-hydrogen) atoms. The molecule has 0 fully saturated rings. The van der Waals surface area contributed by atoms with Crippen LogP contribution in [0.5, 0.6) is 5.75 Å². The lowest BCUT2D eigenvalue weighted by Gasteiger charge is -2.30. The van der Waals surface area contributed by atoms with Gasteiger partial charge in [0, 0.05) is 36.3 Å². The fourth-order valence-electron chi connectivity index (χ4n) is 5.75. The van der Waals surface area contributed by atoms with Crippen LogP contribution in [-0.4, -0.2) is 72.9 Å². The molecule has 2 aromatic rings. The zero-order valence-corrected chi connectivity index (χ0v) is 38.9. The third-order valence-electron chi connectivity index (χ3n) is 9.05. The van der Waals surface area contributed by atoms with Crippen molar-refractivity contribution in [3.8, 4) is 5.75 Å². The number of ether oxygens (including phenoxy) is 4. The minimum atomic E-state index is -1.23. The summed E-state index contributed by atoms with van der Waals surface area (Å²) >= 11 is 6.34. The van der Waals surface area contributed by atoms with Crippen molar-refractivity contribution in [1.82, 2.24) is 16.0 Å². The van der Waals surface area contributed by atoms with E-state index in [-0.39, 0.29) is 44.2 Å². The first-order valence-electron chi connectivity index (χ1n) is 20.6. The van der Waals surface area contributed by atoms with Gasteiger partial charge in [-0.2, -0.15) is 0 Å². The molecule has 0 radical (unpaired) electrons. The molecular formula is C46H65ClN6O9. The molecule has 15 nitrogen and oxygen atoms in total. The lowest BCUT2D eigenvalue weighted by molar-refractivity contribution is -0.155. The lowest BCUT2D eigenvalue weighted by atomic mass is 9.90. The van der Waals surface area contributed by atoms with Crippen LogP contribution < -0.4 is 20.7 Å². The van der Waals surface area contributed by atoms with Gasteiger partial charge >= 0.3 is 18.0 Å². The fourth-order valence-corrected chi connectivity index (χ4v) is 6.03. The van der Waals surface area contributed by atoms with Crippen molar-refractivity contribution in [2.24, 2.45) is 22.4 Å². The number of carbonyl (C=O) groups excluding carboxylic acids is 5. The van der Waals surface area contributed by atoms with Gasteiger partial charge in [-0.25, -0.2) is 14.4 Å². The Hall–Kier alpha value is -5.53. The Morgan fingerprint density at radius 3 is 2.06 bits per heavy atom. The first-order chi connectivity index (χ1) is 28.8. The average Bonchev–Trinajstić information content (AvgIpc) is 3.16. The number of esters is 2. The maximum absolute atomic E-state index is 14.0. The maximum atomic E-state index is 14.0. The van der Waals surface area contributed by atoms with E-state index in [0.717, 1.165) is 11.1 Å². The van der Waals surface area contributed by atoms with Crippen LogP contribution in [0, 0.1) is 17.3 Å². The zero-order chi connectivity index (χ0) is 46.8.